The first kappa shape index (κ1) is 13.8. The molecular formula is C17H20N4. The molecule has 0 aliphatic heterocycles. The zero-order valence-corrected chi connectivity index (χ0v) is 12.5. The van der Waals surface area contributed by atoms with Crippen LogP contribution < -0.4 is 5.32 Å². The summed E-state index contributed by atoms with van der Waals surface area (Å²) < 4.78 is 1.98. The molecule has 0 aliphatic carbocycles. The number of aromatic nitrogens is 3. The number of hydrogen-bond donors (Lipinski definition) is 1. The third-order valence-electron chi connectivity index (χ3n) is 3.77. The fourth-order valence-corrected chi connectivity index (χ4v) is 2.75. The summed E-state index contributed by atoms with van der Waals surface area (Å²) in [6.45, 7) is 3.04. The van der Waals surface area contributed by atoms with Gasteiger partial charge < -0.3 is 5.32 Å². The van der Waals surface area contributed by atoms with Gasteiger partial charge in [0, 0.05) is 6.54 Å². The van der Waals surface area contributed by atoms with Crippen molar-refractivity contribution in [1.29, 1.82) is 0 Å². The number of fused-ring (bicyclic) bond motifs is 1. The summed E-state index contributed by atoms with van der Waals surface area (Å²) in [7, 11) is 1.98. The third-order valence-corrected chi connectivity index (χ3v) is 3.77. The number of hydrogen-bond acceptors (Lipinski definition) is 3. The molecule has 108 valence electrons. The first-order chi connectivity index (χ1) is 10.3. The lowest BCUT2D eigenvalue weighted by Crippen LogP contribution is -2.21. The molecule has 1 N–H and O–H groups in total. The van der Waals surface area contributed by atoms with E-state index in [2.05, 4.69) is 65.0 Å². The van der Waals surface area contributed by atoms with Crippen LogP contribution in [-0.2, 0) is 6.54 Å². The van der Waals surface area contributed by atoms with Crippen LogP contribution in [0.25, 0.3) is 10.8 Å². The van der Waals surface area contributed by atoms with E-state index in [0.29, 0.717) is 0 Å². The number of aryl methyl sites for hydroxylation is 1. The van der Waals surface area contributed by atoms with Gasteiger partial charge >= 0.3 is 0 Å². The molecule has 0 bridgehead atoms. The van der Waals surface area contributed by atoms with Crippen molar-refractivity contribution in [2.45, 2.75) is 25.9 Å². The molecule has 3 rings (SSSR count). The van der Waals surface area contributed by atoms with Crippen LogP contribution in [0.2, 0.25) is 0 Å². The molecule has 1 aromatic heterocycles. The lowest BCUT2D eigenvalue weighted by Gasteiger charge is -2.18. The van der Waals surface area contributed by atoms with Gasteiger partial charge in [0.1, 0.15) is 0 Å². The van der Waals surface area contributed by atoms with Crippen molar-refractivity contribution >= 4 is 10.8 Å². The first-order valence-corrected chi connectivity index (χ1v) is 7.38. The van der Waals surface area contributed by atoms with Gasteiger partial charge in [-0.3, -0.25) is 0 Å². The molecule has 1 atom stereocenters. The number of nitrogens with zero attached hydrogens (tertiary/aromatic N) is 3. The second-order valence-corrected chi connectivity index (χ2v) is 5.21. The molecule has 0 saturated heterocycles. The Labute approximate surface area is 124 Å². The largest absolute Gasteiger partial charge is 0.308 e. The molecule has 21 heavy (non-hydrogen) atoms. The minimum absolute atomic E-state index is 0.108. The van der Waals surface area contributed by atoms with Crippen molar-refractivity contribution in [3.8, 4) is 0 Å². The summed E-state index contributed by atoms with van der Waals surface area (Å²) in [5.74, 6) is 0. The van der Waals surface area contributed by atoms with Crippen molar-refractivity contribution in [1.82, 2.24) is 20.3 Å². The molecule has 1 unspecified atom stereocenters. The Morgan fingerprint density at radius 3 is 2.71 bits per heavy atom. The Kier molecular flexibility index (Phi) is 3.97. The lowest BCUT2D eigenvalue weighted by molar-refractivity contribution is 0.523. The zero-order chi connectivity index (χ0) is 14.7. The van der Waals surface area contributed by atoms with E-state index in [9.17, 15) is 0 Å². The quantitative estimate of drug-likeness (QED) is 0.780. The second-order valence-electron chi connectivity index (χ2n) is 5.21. The van der Waals surface area contributed by atoms with Crippen LogP contribution in [0.3, 0.4) is 0 Å². The summed E-state index contributed by atoms with van der Waals surface area (Å²) in [5, 5.41) is 14.2. The first-order valence-electron chi connectivity index (χ1n) is 7.38. The van der Waals surface area contributed by atoms with E-state index in [0.717, 1.165) is 18.7 Å². The van der Waals surface area contributed by atoms with E-state index in [1.807, 2.05) is 17.9 Å². The van der Waals surface area contributed by atoms with E-state index in [1.54, 1.807) is 0 Å². The average Bonchev–Trinajstić information content (AvgIpc) is 2.97. The van der Waals surface area contributed by atoms with Gasteiger partial charge in [-0.2, -0.15) is 0 Å². The summed E-state index contributed by atoms with van der Waals surface area (Å²) in [5.41, 5.74) is 2.34. The van der Waals surface area contributed by atoms with Crippen LogP contribution in [0.5, 0.6) is 0 Å². The average molecular weight is 280 g/mol. The molecule has 0 saturated carbocycles. The predicted molar refractivity (Wildman–Crippen MR) is 85.2 cm³/mol. The van der Waals surface area contributed by atoms with Gasteiger partial charge in [-0.1, -0.05) is 48.5 Å². The fraction of sp³-hybridized carbons (Fsp3) is 0.294. The Balaban J connectivity index is 2.03. The van der Waals surface area contributed by atoms with Gasteiger partial charge in [-0.15, -0.1) is 5.10 Å². The topological polar surface area (TPSA) is 42.7 Å². The number of nitrogens with one attached hydrogen (secondary N) is 1. The molecule has 4 heteroatoms. The van der Waals surface area contributed by atoms with Gasteiger partial charge in [0.05, 0.1) is 17.9 Å². The Hall–Kier alpha value is -2.20. The van der Waals surface area contributed by atoms with Crippen molar-refractivity contribution in [2.75, 3.05) is 7.05 Å². The molecule has 0 amide bonds. The van der Waals surface area contributed by atoms with Crippen molar-refractivity contribution in [3.63, 3.8) is 0 Å². The highest BCUT2D eigenvalue weighted by Gasteiger charge is 2.17. The normalized spacial score (nSPS) is 12.7. The molecule has 0 radical (unpaired) electrons. The SMILES string of the molecule is CCCn1nncc1C(NC)c1ccc2ccccc2c1. The molecule has 0 aliphatic rings. The minimum Gasteiger partial charge on any atom is -0.308 e. The lowest BCUT2D eigenvalue weighted by atomic mass is 10.00. The van der Waals surface area contributed by atoms with Gasteiger partial charge in [-0.05, 0) is 35.9 Å². The van der Waals surface area contributed by atoms with Crippen molar-refractivity contribution < 1.29 is 0 Å². The predicted octanol–water partition coefficient (Wildman–Crippen LogP) is 3.15. The maximum atomic E-state index is 4.19. The van der Waals surface area contributed by atoms with Gasteiger partial charge in [0.15, 0.2) is 0 Å². The van der Waals surface area contributed by atoms with Crippen LogP contribution in [0.1, 0.15) is 30.6 Å². The Bertz CT molecular complexity index is 732. The molecular weight excluding hydrogens is 260 g/mol. The molecule has 4 nitrogen and oxygen atoms in total. The maximum absolute atomic E-state index is 4.19. The van der Waals surface area contributed by atoms with Crippen LogP contribution in [0, 0.1) is 0 Å². The summed E-state index contributed by atoms with van der Waals surface area (Å²) >= 11 is 0. The van der Waals surface area contributed by atoms with E-state index < -0.39 is 0 Å². The van der Waals surface area contributed by atoms with Crippen molar-refractivity contribution in [3.05, 3.63) is 59.9 Å². The monoisotopic (exact) mass is 280 g/mol. The molecule has 3 aromatic rings. The molecule has 1 heterocycles. The highest BCUT2D eigenvalue weighted by Crippen LogP contribution is 2.25. The fourth-order valence-electron chi connectivity index (χ4n) is 2.75. The second kappa shape index (κ2) is 6.06. The van der Waals surface area contributed by atoms with E-state index in [4.69, 9.17) is 0 Å². The smallest absolute Gasteiger partial charge is 0.0801 e. The Morgan fingerprint density at radius 2 is 1.95 bits per heavy atom. The third kappa shape index (κ3) is 2.67. The maximum Gasteiger partial charge on any atom is 0.0801 e. The van der Waals surface area contributed by atoms with Crippen molar-refractivity contribution in [2.24, 2.45) is 0 Å². The van der Waals surface area contributed by atoms with Crippen LogP contribution in [-0.4, -0.2) is 22.0 Å². The minimum atomic E-state index is 0.108. The summed E-state index contributed by atoms with van der Waals surface area (Å²) in [6.07, 6.45) is 2.90. The highest BCUT2D eigenvalue weighted by atomic mass is 15.4. The number of rotatable bonds is 5. The van der Waals surface area contributed by atoms with Gasteiger partial charge in [0.25, 0.3) is 0 Å². The zero-order valence-electron chi connectivity index (χ0n) is 12.5. The van der Waals surface area contributed by atoms with E-state index in [1.165, 1.54) is 16.3 Å². The van der Waals surface area contributed by atoms with E-state index >= 15 is 0 Å². The van der Waals surface area contributed by atoms with Crippen LogP contribution in [0.4, 0.5) is 0 Å². The van der Waals surface area contributed by atoms with Crippen LogP contribution >= 0.6 is 0 Å². The standard InChI is InChI=1S/C17H20N4/c1-3-10-21-16(12-19-20-21)17(18-2)15-9-8-13-6-4-5-7-14(13)11-15/h4-9,11-12,17-18H,3,10H2,1-2H3. The molecule has 0 fully saturated rings. The van der Waals surface area contributed by atoms with E-state index in [-0.39, 0.29) is 6.04 Å². The summed E-state index contributed by atoms with van der Waals surface area (Å²) in [4.78, 5) is 0. The van der Waals surface area contributed by atoms with Gasteiger partial charge in [0.2, 0.25) is 0 Å². The Morgan fingerprint density at radius 1 is 1.14 bits per heavy atom. The van der Waals surface area contributed by atoms with Gasteiger partial charge in [-0.25, -0.2) is 4.68 Å². The number of benzene rings is 2. The highest BCUT2D eigenvalue weighted by molar-refractivity contribution is 5.83. The summed E-state index contributed by atoms with van der Waals surface area (Å²) in [6, 6.07) is 15.1. The molecule has 0 spiro atoms. The molecule has 2 aromatic carbocycles. The van der Waals surface area contributed by atoms with Crippen LogP contribution in [0.15, 0.2) is 48.7 Å².